The van der Waals surface area contributed by atoms with Crippen molar-refractivity contribution in [1.29, 1.82) is 0 Å². The number of aryl methyl sites for hydroxylation is 2. The van der Waals surface area contributed by atoms with Crippen LogP contribution in [-0.2, 0) is 17.6 Å². The van der Waals surface area contributed by atoms with Gasteiger partial charge >= 0.3 is 11.9 Å². The second kappa shape index (κ2) is 6.00. The van der Waals surface area contributed by atoms with E-state index >= 15 is 0 Å². The molecule has 0 aliphatic heterocycles. The Balaban J connectivity index is 3.33. The molecule has 4 heteroatoms. The van der Waals surface area contributed by atoms with Crippen molar-refractivity contribution < 1.29 is 19.4 Å². The SMILES string of the molecule is C=CC(=O)Oc1c(CC)cc(C(=O)O)cc1CC. The summed E-state index contributed by atoms with van der Waals surface area (Å²) in [5.41, 5.74) is 1.63. The molecular formula is C14H16O4. The van der Waals surface area contributed by atoms with E-state index < -0.39 is 11.9 Å². The summed E-state index contributed by atoms with van der Waals surface area (Å²) in [6.07, 6.45) is 2.27. The maximum absolute atomic E-state index is 11.3. The summed E-state index contributed by atoms with van der Waals surface area (Å²) in [7, 11) is 0. The first-order valence-electron chi connectivity index (χ1n) is 5.76. The quantitative estimate of drug-likeness (QED) is 0.494. The molecule has 0 heterocycles. The van der Waals surface area contributed by atoms with Crippen LogP contribution in [0.1, 0.15) is 35.3 Å². The van der Waals surface area contributed by atoms with Crippen LogP contribution in [0, 0.1) is 0 Å². The number of carbonyl (C=O) groups is 2. The van der Waals surface area contributed by atoms with Crippen LogP contribution in [0.15, 0.2) is 24.8 Å². The van der Waals surface area contributed by atoms with E-state index in [-0.39, 0.29) is 5.56 Å². The lowest BCUT2D eigenvalue weighted by Gasteiger charge is -2.13. The van der Waals surface area contributed by atoms with Crippen molar-refractivity contribution in [2.45, 2.75) is 26.7 Å². The Bertz CT molecular complexity index is 464. The van der Waals surface area contributed by atoms with Gasteiger partial charge in [-0.2, -0.15) is 0 Å². The summed E-state index contributed by atoms with van der Waals surface area (Å²) >= 11 is 0. The van der Waals surface area contributed by atoms with E-state index in [9.17, 15) is 9.59 Å². The Morgan fingerprint density at radius 2 is 1.78 bits per heavy atom. The van der Waals surface area contributed by atoms with E-state index in [0.29, 0.717) is 29.7 Å². The first-order chi connectivity index (χ1) is 8.53. The van der Waals surface area contributed by atoms with Crippen LogP contribution in [0.5, 0.6) is 5.75 Å². The highest BCUT2D eigenvalue weighted by molar-refractivity contribution is 5.89. The van der Waals surface area contributed by atoms with Gasteiger partial charge in [0, 0.05) is 6.08 Å². The van der Waals surface area contributed by atoms with Crippen LogP contribution in [-0.4, -0.2) is 17.0 Å². The average molecular weight is 248 g/mol. The fourth-order valence-corrected chi connectivity index (χ4v) is 1.68. The minimum Gasteiger partial charge on any atom is -0.478 e. The topological polar surface area (TPSA) is 63.6 Å². The van der Waals surface area contributed by atoms with Crippen molar-refractivity contribution in [3.05, 3.63) is 41.5 Å². The lowest BCUT2D eigenvalue weighted by Crippen LogP contribution is -2.09. The van der Waals surface area contributed by atoms with Crippen molar-refractivity contribution in [2.75, 3.05) is 0 Å². The molecule has 0 radical (unpaired) electrons. The average Bonchev–Trinajstić information content (AvgIpc) is 2.38. The van der Waals surface area contributed by atoms with E-state index in [2.05, 4.69) is 6.58 Å². The van der Waals surface area contributed by atoms with Gasteiger partial charge in [-0.15, -0.1) is 0 Å². The van der Waals surface area contributed by atoms with Crippen LogP contribution >= 0.6 is 0 Å². The second-order valence-electron chi connectivity index (χ2n) is 3.76. The second-order valence-corrected chi connectivity index (χ2v) is 3.76. The Labute approximate surface area is 106 Å². The number of carboxylic acids is 1. The molecule has 0 aromatic heterocycles. The molecule has 0 spiro atoms. The molecule has 0 bridgehead atoms. The summed E-state index contributed by atoms with van der Waals surface area (Å²) in [4.78, 5) is 22.3. The van der Waals surface area contributed by atoms with E-state index in [0.717, 1.165) is 6.08 Å². The summed E-state index contributed by atoms with van der Waals surface area (Å²) < 4.78 is 5.19. The molecule has 0 aliphatic rings. The van der Waals surface area contributed by atoms with Gasteiger partial charge in [0.2, 0.25) is 0 Å². The largest absolute Gasteiger partial charge is 0.478 e. The summed E-state index contributed by atoms with van der Waals surface area (Å²) in [5, 5.41) is 9.02. The highest BCUT2D eigenvalue weighted by atomic mass is 16.5. The van der Waals surface area contributed by atoms with Crippen LogP contribution < -0.4 is 4.74 Å². The number of rotatable bonds is 5. The number of hydrogen-bond acceptors (Lipinski definition) is 3. The van der Waals surface area contributed by atoms with Crippen LogP contribution in [0.2, 0.25) is 0 Å². The van der Waals surface area contributed by atoms with Crippen LogP contribution in [0.4, 0.5) is 0 Å². The lowest BCUT2D eigenvalue weighted by atomic mass is 10.0. The van der Waals surface area contributed by atoms with Crippen molar-refractivity contribution in [2.24, 2.45) is 0 Å². The number of ether oxygens (including phenoxy) is 1. The minimum atomic E-state index is -0.985. The fraction of sp³-hybridized carbons (Fsp3) is 0.286. The van der Waals surface area contributed by atoms with Gasteiger partial charge in [0.25, 0.3) is 0 Å². The Kier molecular flexibility index (Phi) is 4.66. The minimum absolute atomic E-state index is 0.210. The predicted molar refractivity (Wildman–Crippen MR) is 68.0 cm³/mol. The van der Waals surface area contributed by atoms with Crippen molar-refractivity contribution in [3.8, 4) is 5.75 Å². The molecule has 0 amide bonds. The fourth-order valence-electron chi connectivity index (χ4n) is 1.68. The van der Waals surface area contributed by atoms with Gasteiger partial charge in [-0.05, 0) is 36.1 Å². The molecule has 1 aromatic carbocycles. The van der Waals surface area contributed by atoms with E-state index in [4.69, 9.17) is 9.84 Å². The zero-order valence-electron chi connectivity index (χ0n) is 10.5. The van der Waals surface area contributed by atoms with Gasteiger partial charge in [0.15, 0.2) is 0 Å². The molecule has 0 atom stereocenters. The molecular weight excluding hydrogens is 232 g/mol. The van der Waals surface area contributed by atoms with Crippen LogP contribution in [0.25, 0.3) is 0 Å². The normalized spacial score (nSPS) is 9.89. The van der Waals surface area contributed by atoms with E-state index in [1.165, 1.54) is 12.1 Å². The van der Waals surface area contributed by atoms with Gasteiger partial charge in [0.05, 0.1) is 5.56 Å². The monoisotopic (exact) mass is 248 g/mol. The number of esters is 1. The maximum Gasteiger partial charge on any atom is 0.335 e. The lowest BCUT2D eigenvalue weighted by molar-refractivity contribution is -0.129. The number of benzene rings is 1. The first-order valence-corrected chi connectivity index (χ1v) is 5.76. The molecule has 1 rings (SSSR count). The van der Waals surface area contributed by atoms with Gasteiger partial charge in [-0.25, -0.2) is 9.59 Å². The van der Waals surface area contributed by atoms with Gasteiger partial charge in [0.1, 0.15) is 5.75 Å². The van der Waals surface area contributed by atoms with Gasteiger partial charge in [-0.3, -0.25) is 0 Å². The highest BCUT2D eigenvalue weighted by Crippen LogP contribution is 2.27. The summed E-state index contributed by atoms with van der Waals surface area (Å²) in [5.74, 6) is -1.07. The molecule has 1 aromatic rings. The zero-order chi connectivity index (χ0) is 13.7. The van der Waals surface area contributed by atoms with Crippen molar-refractivity contribution in [1.82, 2.24) is 0 Å². The van der Waals surface area contributed by atoms with Crippen molar-refractivity contribution >= 4 is 11.9 Å². The number of carboxylic acid groups (broad SMARTS) is 1. The molecule has 18 heavy (non-hydrogen) atoms. The van der Waals surface area contributed by atoms with Crippen molar-refractivity contribution in [3.63, 3.8) is 0 Å². The molecule has 0 aliphatic carbocycles. The molecule has 1 N–H and O–H groups in total. The molecule has 4 nitrogen and oxygen atoms in total. The third kappa shape index (κ3) is 2.97. The summed E-state index contributed by atoms with van der Waals surface area (Å²) in [6, 6.07) is 3.07. The molecule has 0 unspecified atom stereocenters. The van der Waals surface area contributed by atoms with E-state index in [1.807, 2.05) is 13.8 Å². The van der Waals surface area contributed by atoms with Gasteiger partial charge in [-0.1, -0.05) is 20.4 Å². The molecule has 0 fully saturated rings. The maximum atomic E-state index is 11.3. The standard InChI is InChI=1S/C14H16O4/c1-4-9-7-11(14(16)17)8-10(5-2)13(9)18-12(15)6-3/h6-8H,3-5H2,1-2H3,(H,16,17). The summed E-state index contributed by atoms with van der Waals surface area (Å²) in [6.45, 7) is 7.11. The number of aromatic carboxylic acids is 1. The zero-order valence-corrected chi connectivity index (χ0v) is 10.5. The smallest absolute Gasteiger partial charge is 0.335 e. The Morgan fingerprint density at radius 1 is 1.28 bits per heavy atom. The third-order valence-electron chi connectivity index (χ3n) is 2.62. The molecule has 0 saturated carbocycles. The first kappa shape index (κ1) is 14.0. The highest BCUT2D eigenvalue weighted by Gasteiger charge is 2.15. The molecule has 0 saturated heterocycles. The van der Waals surface area contributed by atoms with Crippen LogP contribution in [0.3, 0.4) is 0 Å². The van der Waals surface area contributed by atoms with E-state index in [1.54, 1.807) is 0 Å². The Hall–Kier alpha value is -2.10. The predicted octanol–water partition coefficient (Wildman–Crippen LogP) is 2.60. The third-order valence-corrected chi connectivity index (χ3v) is 2.62. The van der Waals surface area contributed by atoms with Gasteiger partial charge < -0.3 is 9.84 Å². The number of hydrogen-bond donors (Lipinski definition) is 1. The number of carbonyl (C=O) groups excluding carboxylic acids is 1. The molecule has 96 valence electrons. The Morgan fingerprint density at radius 3 is 2.11 bits per heavy atom.